The number of pyridine rings is 1. The Morgan fingerprint density at radius 2 is 2.23 bits per heavy atom. The lowest BCUT2D eigenvalue weighted by atomic mass is 10.1. The number of rotatable bonds is 4. The van der Waals surface area contributed by atoms with Crippen molar-refractivity contribution in [1.82, 2.24) is 4.98 Å². The van der Waals surface area contributed by atoms with E-state index in [1.165, 1.54) is 0 Å². The number of carbonyl (C=O) groups is 2. The average Bonchev–Trinajstić information content (AvgIpc) is 3.33. The van der Waals surface area contributed by atoms with Crippen molar-refractivity contribution in [3.05, 3.63) is 24.4 Å². The number of nitrogen functional groups attached to an aromatic ring is 1. The summed E-state index contributed by atoms with van der Waals surface area (Å²) in [6.45, 7) is 4.37. The predicted octanol–water partition coefficient (Wildman–Crippen LogP) is 3.15. The van der Waals surface area contributed by atoms with E-state index in [1.807, 2.05) is 13.0 Å². The zero-order chi connectivity index (χ0) is 18.4. The Hall–Kier alpha value is -2.83. The molecule has 0 radical (unpaired) electrons. The molecule has 1 aromatic carbocycles. The highest BCUT2D eigenvalue weighted by molar-refractivity contribution is 6.02. The molecular formula is C19H22N4O3. The number of aromatic nitrogens is 1. The number of hydrogen-bond donors (Lipinski definition) is 2. The molecule has 26 heavy (non-hydrogen) atoms. The number of nitrogens with zero attached hydrogens (tertiary/aromatic N) is 2. The lowest BCUT2D eigenvalue weighted by Gasteiger charge is -2.19. The van der Waals surface area contributed by atoms with Gasteiger partial charge in [0.05, 0.1) is 11.7 Å². The van der Waals surface area contributed by atoms with E-state index >= 15 is 0 Å². The van der Waals surface area contributed by atoms with Gasteiger partial charge in [-0.2, -0.15) is 0 Å². The Morgan fingerprint density at radius 3 is 2.88 bits per heavy atom. The van der Waals surface area contributed by atoms with E-state index in [4.69, 9.17) is 10.5 Å². The van der Waals surface area contributed by atoms with Crippen LogP contribution in [0.3, 0.4) is 0 Å². The van der Waals surface area contributed by atoms with Crippen LogP contribution in [0, 0.1) is 11.8 Å². The van der Waals surface area contributed by atoms with E-state index in [1.54, 1.807) is 23.2 Å². The highest BCUT2D eigenvalue weighted by Gasteiger charge is 2.41. The summed E-state index contributed by atoms with van der Waals surface area (Å²) in [7, 11) is 0. The summed E-state index contributed by atoms with van der Waals surface area (Å²) in [5.74, 6) is 1.09. The summed E-state index contributed by atoms with van der Waals surface area (Å²) < 4.78 is 5.09. The van der Waals surface area contributed by atoms with Crippen LogP contribution in [0.1, 0.15) is 26.7 Å². The fraction of sp³-hybridized carbons (Fsp3) is 0.421. The molecule has 1 aliphatic heterocycles. The van der Waals surface area contributed by atoms with E-state index < -0.39 is 0 Å². The van der Waals surface area contributed by atoms with Gasteiger partial charge in [0.25, 0.3) is 0 Å². The lowest BCUT2D eigenvalue weighted by Crippen LogP contribution is -2.30. The van der Waals surface area contributed by atoms with Gasteiger partial charge in [-0.05, 0) is 42.8 Å². The minimum atomic E-state index is -0.377. The third kappa shape index (κ3) is 2.83. The summed E-state index contributed by atoms with van der Waals surface area (Å²) in [6.07, 6.45) is 3.24. The van der Waals surface area contributed by atoms with Crippen molar-refractivity contribution in [1.29, 1.82) is 0 Å². The van der Waals surface area contributed by atoms with Gasteiger partial charge in [0, 0.05) is 23.2 Å². The van der Waals surface area contributed by atoms with Crippen molar-refractivity contribution in [3.63, 3.8) is 0 Å². The average molecular weight is 354 g/mol. The summed E-state index contributed by atoms with van der Waals surface area (Å²) in [5, 5.41) is 4.49. The molecular weight excluding hydrogens is 332 g/mol. The number of anilines is 3. The number of nitrogens with two attached hydrogens (primary N) is 1. The normalized spacial score (nSPS) is 24.6. The molecule has 1 aliphatic carbocycles. The van der Waals surface area contributed by atoms with Gasteiger partial charge >= 0.3 is 6.09 Å². The predicted molar refractivity (Wildman–Crippen MR) is 100.0 cm³/mol. The van der Waals surface area contributed by atoms with Crippen LogP contribution in [-0.4, -0.2) is 29.6 Å². The van der Waals surface area contributed by atoms with Gasteiger partial charge in [0.15, 0.2) is 0 Å². The Bertz CT molecular complexity index is 898. The van der Waals surface area contributed by atoms with Crippen molar-refractivity contribution in [2.24, 2.45) is 11.8 Å². The maximum absolute atomic E-state index is 12.3. The van der Waals surface area contributed by atoms with E-state index in [-0.39, 0.29) is 24.0 Å². The van der Waals surface area contributed by atoms with E-state index in [2.05, 4.69) is 17.2 Å². The van der Waals surface area contributed by atoms with Gasteiger partial charge < -0.3 is 15.8 Å². The van der Waals surface area contributed by atoms with Crippen LogP contribution >= 0.6 is 0 Å². The molecule has 7 nitrogen and oxygen atoms in total. The minimum Gasteiger partial charge on any atom is -0.447 e. The third-order valence-electron chi connectivity index (χ3n) is 5.25. The van der Waals surface area contributed by atoms with Crippen LogP contribution < -0.4 is 16.0 Å². The maximum Gasteiger partial charge on any atom is 0.414 e. The number of nitrogens with one attached hydrogen (secondary N) is 1. The fourth-order valence-electron chi connectivity index (χ4n) is 3.59. The molecule has 1 aromatic heterocycles. The topological polar surface area (TPSA) is 97.5 Å². The van der Waals surface area contributed by atoms with E-state index in [0.717, 1.165) is 23.6 Å². The van der Waals surface area contributed by atoms with Gasteiger partial charge in [-0.25, -0.2) is 9.78 Å². The SMILES string of the molecule is CCC1CC1C(=O)Nc1cc2cc(N3C(=O)OCC3C)cc(N)c2cn1. The number of ether oxygens (including phenoxy) is 1. The van der Waals surface area contributed by atoms with Crippen LogP contribution in [0.2, 0.25) is 0 Å². The highest BCUT2D eigenvalue weighted by Crippen LogP contribution is 2.41. The molecule has 0 bridgehead atoms. The smallest absolute Gasteiger partial charge is 0.414 e. The Balaban J connectivity index is 1.64. The summed E-state index contributed by atoms with van der Waals surface area (Å²) in [4.78, 5) is 30.1. The molecule has 2 aliphatic rings. The Labute approximate surface area is 151 Å². The van der Waals surface area contributed by atoms with Crippen molar-refractivity contribution in [3.8, 4) is 0 Å². The van der Waals surface area contributed by atoms with Gasteiger partial charge in [-0.1, -0.05) is 13.3 Å². The first-order valence-electron chi connectivity index (χ1n) is 8.94. The number of carbonyl (C=O) groups excluding carboxylic acids is 2. The second-order valence-corrected chi connectivity index (χ2v) is 7.12. The first kappa shape index (κ1) is 16.6. The maximum atomic E-state index is 12.3. The van der Waals surface area contributed by atoms with Crippen LogP contribution in [0.4, 0.5) is 22.0 Å². The van der Waals surface area contributed by atoms with Crippen LogP contribution in [-0.2, 0) is 9.53 Å². The largest absolute Gasteiger partial charge is 0.447 e. The quantitative estimate of drug-likeness (QED) is 0.822. The highest BCUT2D eigenvalue weighted by atomic mass is 16.6. The second-order valence-electron chi connectivity index (χ2n) is 7.12. The minimum absolute atomic E-state index is 0.0181. The van der Waals surface area contributed by atoms with Gasteiger partial charge in [-0.15, -0.1) is 0 Å². The molecule has 1 saturated heterocycles. The molecule has 3 N–H and O–H groups in total. The van der Waals surface area contributed by atoms with Gasteiger partial charge in [-0.3, -0.25) is 9.69 Å². The summed E-state index contributed by atoms with van der Waals surface area (Å²) >= 11 is 0. The molecule has 4 rings (SSSR count). The first-order valence-corrected chi connectivity index (χ1v) is 8.94. The fourth-order valence-corrected chi connectivity index (χ4v) is 3.59. The number of hydrogen-bond acceptors (Lipinski definition) is 5. The molecule has 136 valence electrons. The molecule has 2 amide bonds. The summed E-state index contributed by atoms with van der Waals surface area (Å²) in [6, 6.07) is 5.36. The number of cyclic esters (lactones) is 1. The zero-order valence-corrected chi connectivity index (χ0v) is 14.9. The number of benzene rings is 1. The van der Waals surface area contributed by atoms with Crippen molar-refractivity contribution in [2.75, 3.05) is 22.6 Å². The number of amides is 2. The monoisotopic (exact) mass is 354 g/mol. The molecule has 2 heterocycles. The lowest BCUT2D eigenvalue weighted by molar-refractivity contribution is -0.117. The summed E-state index contributed by atoms with van der Waals surface area (Å²) in [5.41, 5.74) is 7.37. The van der Waals surface area contributed by atoms with Crippen LogP contribution in [0.5, 0.6) is 0 Å². The molecule has 1 saturated carbocycles. The van der Waals surface area contributed by atoms with Crippen LogP contribution in [0.25, 0.3) is 10.8 Å². The molecule has 7 heteroatoms. The second kappa shape index (κ2) is 6.16. The van der Waals surface area contributed by atoms with E-state index in [0.29, 0.717) is 29.7 Å². The Morgan fingerprint density at radius 1 is 1.42 bits per heavy atom. The molecule has 2 fully saturated rings. The molecule has 2 aromatic rings. The molecule has 3 atom stereocenters. The standard InChI is InChI=1S/C19H22N4O3/c1-3-11-5-14(11)18(24)22-17-6-12-4-13(7-16(20)15(12)8-21-17)23-10(2)9-26-19(23)25/h4,6-8,10-11,14H,3,5,9,20H2,1-2H3,(H,21,22,24). The zero-order valence-electron chi connectivity index (χ0n) is 14.9. The molecule has 0 spiro atoms. The van der Waals surface area contributed by atoms with Gasteiger partial charge in [0.1, 0.15) is 12.4 Å². The Kier molecular flexibility index (Phi) is 3.94. The van der Waals surface area contributed by atoms with Gasteiger partial charge in [0.2, 0.25) is 5.91 Å². The van der Waals surface area contributed by atoms with Crippen LogP contribution in [0.15, 0.2) is 24.4 Å². The first-order chi connectivity index (χ1) is 12.5. The third-order valence-corrected chi connectivity index (χ3v) is 5.25. The number of fused-ring (bicyclic) bond motifs is 1. The molecule has 3 unspecified atom stereocenters. The van der Waals surface area contributed by atoms with Crippen molar-refractivity contribution >= 4 is 40.0 Å². The van der Waals surface area contributed by atoms with Crippen molar-refractivity contribution in [2.45, 2.75) is 32.7 Å². The van der Waals surface area contributed by atoms with Crippen molar-refractivity contribution < 1.29 is 14.3 Å². The van der Waals surface area contributed by atoms with E-state index in [9.17, 15) is 9.59 Å².